The van der Waals surface area contributed by atoms with Gasteiger partial charge in [0.2, 0.25) is 0 Å². The van der Waals surface area contributed by atoms with Crippen molar-refractivity contribution in [3.8, 4) is 0 Å². The van der Waals surface area contributed by atoms with Crippen molar-refractivity contribution in [3.05, 3.63) is 53.6 Å². The first-order valence-electron chi connectivity index (χ1n) is 5.63. The van der Waals surface area contributed by atoms with Gasteiger partial charge in [-0.25, -0.2) is 4.98 Å². The smallest absolute Gasteiger partial charge is 0.323 e. The van der Waals surface area contributed by atoms with Gasteiger partial charge in [0.1, 0.15) is 12.2 Å². The maximum Gasteiger partial charge on any atom is 0.323 e. The van der Waals surface area contributed by atoms with Gasteiger partial charge in [0.15, 0.2) is 0 Å². The van der Waals surface area contributed by atoms with Gasteiger partial charge in [0.25, 0.3) is 5.91 Å². The number of hydrogen-bond donors (Lipinski definition) is 1. The number of halogens is 1. The molecule has 102 valence electrons. The van der Waals surface area contributed by atoms with E-state index in [0.717, 1.165) is 4.90 Å². The van der Waals surface area contributed by atoms with Crippen molar-refractivity contribution < 1.29 is 14.7 Å². The Morgan fingerprint density at radius 3 is 2.45 bits per heavy atom. The van der Waals surface area contributed by atoms with Gasteiger partial charge in [-0.3, -0.25) is 19.5 Å². The Balaban J connectivity index is 2.35. The number of aliphatic carboxylic acids is 1. The van der Waals surface area contributed by atoms with Gasteiger partial charge in [-0.1, -0.05) is 11.6 Å². The summed E-state index contributed by atoms with van der Waals surface area (Å²) >= 11 is 5.78. The lowest BCUT2D eigenvalue weighted by Gasteiger charge is -2.20. The third-order valence-electron chi connectivity index (χ3n) is 2.46. The molecule has 6 nitrogen and oxygen atoms in total. The Morgan fingerprint density at radius 2 is 1.90 bits per heavy atom. The summed E-state index contributed by atoms with van der Waals surface area (Å²) < 4.78 is 0. The van der Waals surface area contributed by atoms with Crippen LogP contribution in [0.15, 0.2) is 42.9 Å². The van der Waals surface area contributed by atoms with E-state index in [0.29, 0.717) is 10.7 Å². The zero-order valence-electron chi connectivity index (χ0n) is 10.2. The predicted octanol–water partition coefficient (Wildman–Crippen LogP) is 1.86. The summed E-state index contributed by atoms with van der Waals surface area (Å²) in [5.41, 5.74) is 0.496. The molecule has 0 fully saturated rings. The van der Waals surface area contributed by atoms with Crippen LogP contribution in [-0.2, 0) is 4.79 Å². The van der Waals surface area contributed by atoms with Crippen molar-refractivity contribution in [2.75, 3.05) is 11.4 Å². The molecule has 7 heteroatoms. The van der Waals surface area contributed by atoms with E-state index in [1.165, 1.54) is 18.6 Å². The van der Waals surface area contributed by atoms with Crippen LogP contribution in [0, 0.1) is 0 Å². The Bertz CT molecular complexity index is 617. The molecule has 0 saturated carbocycles. The van der Waals surface area contributed by atoms with Crippen molar-refractivity contribution in [1.82, 2.24) is 9.97 Å². The van der Waals surface area contributed by atoms with E-state index in [4.69, 9.17) is 16.7 Å². The molecule has 2 aromatic rings. The number of carboxylic acids is 1. The number of carbonyl (C=O) groups is 2. The summed E-state index contributed by atoms with van der Waals surface area (Å²) in [6, 6.07) is 6.30. The van der Waals surface area contributed by atoms with Crippen molar-refractivity contribution in [3.63, 3.8) is 0 Å². The molecular formula is C13H10ClN3O3. The highest BCUT2D eigenvalue weighted by Gasteiger charge is 2.21. The van der Waals surface area contributed by atoms with Crippen molar-refractivity contribution in [1.29, 1.82) is 0 Å². The summed E-state index contributed by atoms with van der Waals surface area (Å²) in [6.45, 7) is -0.475. The zero-order valence-corrected chi connectivity index (χ0v) is 11.0. The summed E-state index contributed by atoms with van der Waals surface area (Å²) in [5, 5.41) is 9.44. The quantitative estimate of drug-likeness (QED) is 0.929. The first-order chi connectivity index (χ1) is 9.58. The number of carbonyl (C=O) groups excluding carboxylic acids is 1. The highest BCUT2D eigenvalue weighted by Crippen LogP contribution is 2.19. The summed E-state index contributed by atoms with van der Waals surface area (Å²) in [4.78, 5) is 32.0. The fourth-order valence-electron chi connectivity index (χ4n) is 1.58. The average molecular weight is 292 g/mol. The molecule has 0 aliphatic rings. The van der Waals surface area contributed by atoms with Crippen molar-refractivity contribution >= 4 is 29.2 Å². The van der Waals surface area contributed by atoms with Gasteiger partial charge in [-0.2, -0.15) is 0 Å². The Hall–Kier alpha value is -2.47. The van der Waals surface area contributed by atoms with E-state index in [2.05, 4.69) is 9.97 Å². The minimum Gasteiger partial charge on any atom is -0.480 e. The maximum absolute atomic E-state index is 12.3. The largest absolute Gasteiger partial charge is 0.480 e. The molecule has 0 bridgehead atoms. The van der Waals surface area contributed by atoms with Gasteiger partial charge in [0, 0.05) is 23.1 Å². The minimum atomic E-state index is -1.13. The lowest BCUT2D eigenvalue weighted by atomic mass is 10.2. The molecule has 0 unspecified atom stereocenters. The number of anilines is 1. The van der Waals surface area contributed by atoms with Gasteiger partial charge < -0.3 is 5.11 Å². The Morgan fingerprint density at radius 1 is 1.20 bits per heavy atom. The molecule has 0 radical (unpaired) electrons. The van der Waals surface area contributed by atoms with E-state index >= 15 is 0 Å². The van der Waals surface area contributed by atoms with E-state index in [-0.39, 0.29) is 5.69 Å². The molecule has 2 rings (SSSR count). The molecule has 0 aliphatic heterocycles. The number of hydrogen-bond acceptors (Lipinski definition) is 4. The lowest BCUT2D eigenvalue weighted by molar-refractivity contribution is -0.135. The van der Waals surface area contributed by atoms with Gasteiger partial charge >= 0.3 is 5.97 Å². The highest BCUT2D eigenvalue weighted by atomic mass is 35.5. The lowest BCUT2D eigenvalue weighted by Crippen LogP contribution is -2.36. The van der Waals surface area contributed by atoms with E-state index < -0.39 is 18.4 Å². The molecule has 1 aromatic carbocycles. The number of carboxylic acid groups (broad SMARTS) is 1. The van der Waals surface area contributed by atoms with E-state index in [9.17, 15) is 9.59 Å². The number of aromatic nitrogens is 2. The second kappa shape index (κ2) is 6.12. The first kappa shape index (κ1) is 14.0. The van der Waals surface area contributed by atoms with Crippen molar-refractivity contribution in [2.24, 2.45) is 0 Å². The predicted molar refractivity (Wildman–Crippen MR) is 72.8 cm³/mol. The second-order valence-electron chi connectivity index (χ2n) is 3.85. The van der Waals surface area contributed by atoms with Crippen LogP contribution in [-0.4, -0.2) is 33.5 Å². The maximum atomic E-state index is 12.3. The SMILES string of the molecule is O=C(O)CN(C(=O)c1cnccn1)c1ccc(Cl)cc1. The minimum absolute atomic E-state index is 0.0729. The topological polar surface area (TPSA) is 83.4 Å². The average Bonchev–Trinajstić information content (AvgIpc) is 2.46. The van der Waals surface area contributed by atoms with Crippen LogP contribution in [0.2, 0.25) is 5.02 Å². The molecule has 0 atom stereocenters. The summed E-state index contributed by atoms with van der Waals surface area (Å²) in [7, 11) is 0. The number of benzene rings is 1. The standard InChI is InChI=1S/C13H10ClN3O3/c14-9-1-3-10(4-2-9)17(8-12(18)19)13(20)11-7-15-5-6-16-11/h1-7H,8H2,(H,18,19). The van der Waals surface area contributed by atoms with Crippen LogP contribution < -0.4 is 4.90 Å². The monoisotopic (exact) mass is 291 g/mol. The summed E-state index contributed by atoms with van der Waals surface area (Å²) in [5.74, 6) is -1.67. The molecule has 0 saturated heterocycles. The Kier molecular flexibility index (Phi) is 4.27. The van der Waals surface area contributed by atoms with Crippen LogP contribution in [0.1, 0.15) is 10.5 Å². The summed E-state index contributed by atoms with van der Waals surface area (Å²) in [6.07, 6.45) is 4.09. The molecule has 1 N–H and O–H groups in total. The van der Waals surface area contributed by atoms with Crippen LogP contribution in [0.25, 0.3) is 0 Å². The Labute approximate surface area is 119 Å². The number of nitrogens with zero attached hydrogens (tertiary/aromatic N) is 3. The third-order valence-corrected chi connectivity index (χ3v) is 2.71. The number of amides is 1. The fraction of sp³-hybridized carbons (Fsp3) is 0.0769. The molecular weight excluding hydrogens is 282 g/mol. The van der Waals surface area contributed by atoms with Crippen molar-refractivity contribution in [2.45, 2.75) is 0 Å². The van der Waals surface area contributed by atoms with Crippen LogP contribution >= 0.6 is 11.6 Å². The fourth-order valence-corrected chi connectivity index (χ4v) is 1.71. The molecule has 20 heavy (non-hydrogen) atoms. The third kappa shape index (κ3) is 3.30. The normalized spacial score (nSPS) is 10.1. The zero-order chi connectivity index (χ0) is 14.5. The molecule has 0 aliphatic carbocycles. The van der Waals surface area contributed by atoms with Crippen LogP contribution in [0.5, 0.6) is 0 Å². The van der Waals surface area contributed by atoms with Crippen LogP contribution in [0.4, 0.5) is 5.69 Å². The first-order valence-corrected chi connectivity index (χ1v) is 6.01. The molecule has 1 amide bonds. The van der Waals surface area contributed by atoms with E-state index in [1.54, 1.807) is 24.3 Å². The molecule has 1 aromatic heterocycles. The molecule has 0 spiro atoms. The second-order valence-corrected chi connectivity index (χ2v) is 4.29. The van der Waals surface area contributed by atoms with E-state index in [1.807, 2.05) is 0 Å². The van der Waals surface area contributed by atoms with Gasteiger partial charge in [-0.15, -0.1) is 0 Å². The number of rotatable bonds is 4. The van der Waals surface area contributed by atoms with Crippen LogP contribution in [0.3, 0.4) is 0 Å². The van der Waals surface area contributed by atoms with Gasteiger partial charge in [0.05, 0.1) is 6.20 Å². The van der Waals surface area contributed by atoms with Gasteiger partial charge in [-0.05, 0) is 24.3 Å². The highest BCUT2D eigenvalue weighted by molar-refractivity contribution is 6.30. The molecule has 1 heterocycles.